The van der Waals surface area contributed by atoms with Gasteiger partial charge in [-0.3, -0.25) is 14.2 Å². The van der Waals surface area contributed by atoms with Crippen molar-refractivity contribution in [2.45, 2.75) is 70.2 Å². The van der Waals surface area contributed by atoms with Gasteiger partial charge in [0.05, 0.1) is 17.8 Å². The maximum absolute atomic E-state index is 12.7. The van der Waals surface area contributed by atoms with E-state index in [0.29, 0.717) is 29.1 Å². The number of carbonyl (C=O) groups excluding carboxylic acids is 2. The van der Waals surface area contributed by atoms with Gasteiger partial charge in [0.25, 0.3) is 5.91 Å². The average molecular weight is 509 g/mol. The molecule has 2 aliphatic rings. The van der Waals surface area contributed by atoms with Crippen LogP contribution in [-0.4, -0.2) is 49.8 Å². The van der Waals surface area contributed by atoms with E-state index in [1.54, 1.807) is 13.1 Å². The van der Waals surface area contributed by atoms with Crippen LogP contribution in [0.15, 0.2) is 16.7 Å². The lowest BCUT2D eigenvalue weighted by molar-refractivity contribution is 0.0651. The fourth-order valence-corrected chi connectivity index (χ4v) is 4.13. The fraction of sp³-hybridized carbons (Fsp3) is 0.619. The Morgan fingerprint density at radius 3 is 2.59 bits per heavy atom. The Morgan fingerprint density at radius 1 is 1.28 bits per heavy atom. The molecule has 2 N–H and O–H groups in total. The van der Waals surface area contributed by atoms with Crippen molar-refractivity contribution in [1.82, 2.24) is 24.9 Å². The monoisotopic (exact) mass is 508 g/mol. The summed E-state index contributed by atoms with van der Waals surface area (Å²) < 4.78 is 15.4. The van der Waals surface area contributed by atoms with Crippen molar-refractivity contribution in [2.24, 2.45) is 7.05 Å². The molecule has 2 aromatic heterocycles. The van der Waals surface area contributed by atoms with Gasteiger partial charge >= 0.3 is 6.09 Å². The van der Waals surface area contributed by atoms with Gasteiger partial charge in [0.15, 0.2) is 5.82 Å². The molecule has 0 unspecified atom stereocenters. The van der Waals surface area contributed by atoms with Crippen molar-refractivity contribution in [2.75, 3.05) is 11.9 Å². The molecule has 1 aliphatic carbocycles. The summed E-state index contributed by atoms with van der Waals surface area (Å²) in [5.74, 6) is 0.110. The van der Waals surface area contributed by atoms with Crippen LogP contribution in [-0.2, 0) is 22.1 Å². The summed E-state index contributed by atoms with van der Waals surface area (Å²) in [5.41, 5.74) is 0.759. The molecule has 10 nitrogen and oxygen atoms in total. The molecule has 11 heteroatoms. The van der Waals surface area contributed by atoms with Crippen molar-refractivity contribution in [3.05, 3.63) is 28.1 Å². The quantitative estimate of drug-likeness (QED) is 0.638. The molecule has 1 saturated heterocycles. The van der Waals surface area contributed by atoms with E-state index in [1.807, 2.05) is 38.4 Å². The lowest BCUT2D eigenvalue weighted by Crippen LogP contribution is -2.37. The molecule has 32 heavy (non-hydrogen) atoms. The molecule has 3 heterocycles. The van der Waals surface area contributed by atoms with Crippen LogP contribution in [0.2, 0.25) is 0 Å². The van der Waals surface area contributed by atoms with E-state index in [1.165, 1.54) is 4.68 Å². The number of alkyl carbamates (subject to hydrolysis) is 1. The third-order valence-electron chi connectivity index (χ3n) is 5.66. The van der Waals surface area contributed by atoms with Crippen molar-refractivity contribution in [3.8, 4) is 0 Å². The van der Waals surface area contributed by atoms with Crippen LogP contribution in [0.3, 0.4) is 0 Å². The van der Waals surface area contributed by atoms with Crippen LogP contribution >= 0.6 is 15.9 Å². The number of nitrogens with zero attached hydrogens (tertiary/aromatic N) is 4. The highest BCUT2D eigenvalue weighted by Gasteiger charge is 2.40. The standard InChI is InChI=1S/C21H29BrN6O4/c1-20(2,3)28-13(10-17(26-28)23-18(29)14-9-16(22)25-27(14)5)15-8-12(11-31-15)32-19(30)24-21(4)6-7-21/h9-10,12,15H,6-8,11H2,1-5H3,(H,24,30)(H,23,26,29)/t12-,15-/m1/s1. The van der Waals surface area contributed by atoms with Crippen molar-refractivity contribution >= 4 is 33.7 Å². The molecule has 174 valence electrons. The molecule has 1 saturated carbocycles. The van der Waals surface area contributed by atoms with Gasteiger partial charge in [-0.15, -0.1) is 0 Å². The van der Waals surface area contributed by atoms with Gasteiger partial charge in [0.2, 0.25) is 0 Å². The minimum Gasteiger partial charge on any atom is -0.444 e. The fourth-order valence-electron chi connectivity index (χ4n) is 3.67. The van der Waals surface area contributed by atoms with Crippen LogP contribution in [0.25, 0.3) is 0 Å². The Bertz CT molecular complexity index is 1040. The number of carbonyl (C=O) groups is 2. The summed E-state index contributed by atoms with van der Waals surface area (Å²) in [5, 5.41) is 14.5. The van der Waals surface area contributed by atoms with E-state index in [9.17, 15) is 9.59 Å². The lowest BCUT2D eigenvalue weighted by atomic mass is 10.1. The first-order chi connectivity index (χ1) is 14.9. The van der Waals surface area contributed by atoms with Gasteiger partial charge in [-0.25, -0.2) is 4.79 Å². The van der Waals surface area contributed by atoms with E-state index in [0.717, 1.165) is 18.5 Å². The van der Waals surface area contributed by atoms with Crippen LogP contribution < -0.4 is 10.6 Å². The number of hydrogen-bond donors (Lipinski definition) is 2. The first kappa shape index (κ1) is 22.8. The SMILES string of the molecule is Cn1nc(Br)cc1C(=O)Nc1cc([C@H]2C[C@@H](OC(=O)NC3(C)CC3)CO2)n(C(C)(C)C)n1. The summed E-state index contributed by atoms with van der Waals surface area (Å²) in [6, 6.07) is 3.46. The van der Waals surface area contributed by atoms with Crippen molar-refractivity contribution in [1.29, 1.82) is 0 Å². The van der Waals surface area contributed by atoms with Crippen LogP contribution in [0.5, 0.6) is 0 Å². The summed E-state index contributed by atoms with van der Waals surface area (Å²) in [6.45, 7) is 8.40. The molecule has 2 atom stereocenters. The number of amides is 2. The highest BCUT2D eigenvalue weighted by molar-refractivity contribution is 9.10. The van der Waals surface area contributed by atoms with E-state index < -0.39 is 6.09 Å². The van der Waals surface area contributed by atoms with Gasteiger partial charge in [-0.1, -0.05) is 0 Å². The second-order valence-corrected chi connectivity index (χ2v) is 10.6. The number of hydrogen-bond acceptors (Lipinski definition) is 6. The molecular weight excluding hydrogens is 480 g/mol. The molecular formula is C21H29BrN6O4. The van der Waals surface area contributed by atoms with Gasteiger partial charge < -0.3 is 20.1 Å². The van der Waals surface area contributed by atoms with E-state index in [-0.39, 0.29) is 29.2 Å². The van der Waals surface area contributed by atoms with Crippen LogP contribution in [0.1, 0.15) is 69.2 Å². The molecule has 0 aromatic carbocycles. The third kappa shape index (κ3) is 4.98. The molecule has 2 amide bonds. The minimum absolute atomic E-state index is 0.128. The molecule has 2 fully saturated rings. The average Bonchev–Trinajstić information content (AvgIpc) is 3.05. The Hall–Kier alpha value is -2.40. The molecule has 1 aliphatic heterocycles. The Labute approximate surface area is 195 Å². The molecule has 4 rings (SSSR count). The number of ether oxygens (including phenoxy) is 2. The number of halogens is 1. The second kappa shape index (κ2) is 8.18. The number of nitrogens with one attached hydrogen (secondary N) is 2. The summed E-state index contributed by atoms with van der Waals surface area (Å²) >= 11 is 3.28. The largest absolute Gasteiger partial charge is 0.444 e. The number of rotatable bonds is 5. The van der Waals surface area contributed by atoms with Crippen LogP contribution in [0.4, 0.5) is 10.6 Å². The van der Waals surface area contributed by atoms with Gasteiger partial charge in [0.1, 0.15) is 22.5 Å². The molecule has 0 bridgehead atoms. The van der Waals surface area contributed by atoms with Gasteiger partial charge in [-0.2, -0.15) is 10.2 Å². The topological polar surface area (TPSA) is 112 Å². The van der Waals surface area contributed by atoms with E-state index in [4.69, 9.17) is 9.47 Å². The smallest absolute Gasteiger partial charge is 0.407 e. The van der Waals surface area contributed by atoms with Crippen molar-refractivity contribution in [3.63, 3.8) is 0 Å². The predicted octanol–water partition coefficient (Wildman–Crippen LogP) is 3.50. The normalized spacial score (nSPS) is 21.9. The molecule has 0 radical (unpaired) electrons. The number of aryl methyl sites for hydroxylation is 1. The highest BCUT2D eigenvalue weighted by Crippen LogP contribution is 2.36. The molecule has 0 spiro atoms. The van der Waals surface area contributed by atoms with Crippen LogP contribution in [0, 0.1) is 0 Å². The zero-order valence-corrected chi connectivity index (χ0v) is 20.5. The van der Waals surface area contributed by atoms with Gasteiger partial charge in [-0.05, 0) is 56.5 Å². The Balaban J connectivity index is 1.47. The maximum atomic E-state index is 12.7. The zero-order valence-electron chi connectivity index (χ0n) is 18.9. The van der Waals surface area contributed by atoms with E-state index in [2.05, 4.69) is 36.8 Å². The summed E-state index contributed by atoms with van der Waals surface area (Å²) in [4.78, 5) is 24.8. The zero-order chi connectivity index (χ0) is 23.3. The second-order valence-electron chi connectivity index (χ2n) is 9.74. The van der Waals surface area contributed by atoms with Crippen molar-refractivity contribution < 1.29 is 19.1 Å². The molecule has 2 aromatic rings. The highest BCUT2D eigenvalue weighted by atomic mass is 79.9. The number of aromatic nitrogens is 4. The third-order valence-corrected chi connectivity index (χ3v) is 6.05. The summed E-state index contributed by atoms with van der Waals surface area (Å²) in [7, 11) is 1.70. The minimum atomic E-state index is -0.404. The Morgan fingerprint density at radius 2 is 2.00 bits per heavy atom. The first-order valence-corrected chi connectivity index (χ1v) is 11.4. The van der Waals surface area contributed by atoms with E-state index >= 15 is 0 Å². The first-order valence-electron chi connectivity index (χ1n) is 10.7. The lowest BCUT2D eigenvalue weighted by Gasteiger charge is -2.24. The Kier molecular flexibility index (Phi) is 5.83. The predicted molar refractivity (Wildman–Crippen MR) is 120 cm³/mol. The number of anilines is 1. The maximum Gasteiger partial charge on any atom is 0.407 e. The van der Waals surface area contributed by atoms with Gasteiger partial charge in [0, 0.05) is 31.1 Å². The summed E-state index contributed by atoms with van der Waals surface area (Å²) in [6.07, 6.45) is 1.43.